The Kier molecular flexibility index (Phi) is 5.94. The molecule has 2 aromatic heterocycles. The number of anilines is 3. The third kappa shape index (κ3) is 4.09. The van der Waals surface area contributed by atoms with Crippen molar-refractivity contribution >= 4 is 29.4 Å². The summed E-state index contributed by atoms with van der Waals surface area (Å²) in [5.41, 5.74) is 1.56. The van der Waals surface area contributed by atoms with E-state index in [1.165, 1.54) is 38.5 Å². The number of aromatic nitrogens is 3. The summed E-state index contributed by atoms with van der Waals surface area (Å²) in [4.78, 5) is 46.5. The number of piperazine rings is 2. The van der Waals surface area contributed by atoms with E-state index in [-0.39, 0.29) is 23.4 Å². The van der Waals surface area contributed by atoms with E-state index in [0.29, 0.717) is 30.3 Å². The number of hydrogen-bond acceptors (Lipinski definition) is 8. The van der Waals surface area contributed by atoms with Crippen LogP contribution in [0.4, 0.5) is 17.6 Å². The van der Waals surface area contributed by atoms with Crippen LogP contribution < -0.4 is 15.5 Å². The van der Waals surface area contributed by atoms with Crippen molar-refractivity contribution in [3.05, 3.63) is 35.7 Å². The Hall–Kier alpha value is -3.27. The van der Waals surface area contributed by atoms with E-state index < -0.39 is 0 Å². The molecule has 200 valence electrons. The Morgan fingerprint density at radius 2 is 1.82 bits per heavy atom. The highest BCUT2D eigenvalue weighted by molar-refractivity contribution is 5.94. The van der Waals surface area contributed by atoms with Crippen molar-refractivity contribution in [2.75, 3.05) is 42.9 Å². The quantitative estimate of drug-likeness (QED) is 0.639. The van der Waals surface area contributed by atoms with Gasteiger partial charge >= 0.3 is 0 Å². The van der Waals surface area contributed by atoms with Crippen molar-refractivity contribution in [2.24, 2.45) is 0 Å². The average molecular weight is 517 g/mol. The van der Waals surface area contributed by atoms with Crippen LogP contribution in [0.1, 0.15) is 67.3 Å². The molecule has 2 N–H and O–H groups in total. The first kappa shape index (κ1) is 23.8. The maximum Gasteiger partial charge on any atom is 0.255 e. The van der Waals surface area contributed by atoms with Crippen LogP contribution in [0.5, 0.6) is 0 Å². The first-order valence-electron chi connectivity index (χ1n) is 14.3. The molecule has 0 bridgehead atoms. The van der Waals surface area contributed by atoms with Gasteiger partial charge in [0.15, 0.2) is 0 Å². The molecule has 2 amide bonds. The van der Waals surface area contributed by atoms with Crippen LogP contribution in [0.2, 0.25) is 0 Å². The molecule has 0 radical (unpaired) electrons. The maximum absolute atomic E-state index is 13.0. The van der Waals surface area contributed by atoms with E-state index in [2.05, 4.69) is 30.4 Å². The molecule has 5 aliphatic rings. The zero-order valence-corrected chi connectivity index (χ0v) is 21.9. The van der Waals surface area contributed by atoms with E-state index in [1.54, 1.807) is 6.20 Å². The normalized spacial score (nSPS) is 24.9. The number of hydrogen-bond donors (Lipinski definition) is 2. The van der Waals surface area contributed by atoms with E-state index >= 15 is 0 Å². The van der Waals surface area contributed by atoms with Crippen LogP contribution in [0.3, 0.4) is 0 Å². The van der Waals surface area contributed by atoms with E-state index in [1.807, 2.05) is 23.2 Å². The van der Waals surface area contributed by atoms with Crippen molar-refractivity contribution in [3.8, 4) is 0 Å². The summed E-state index contributed by atoms with van der Waals surface area (Å²) < 4.78 is 0. The molecule has 2 aromatic rings. The second-order valence-electron chi connectivity index (χ2n) is 11.6. The number of nitrogens with zero attached hydrogens (tertiary/aromatic N) is 6. The maximum atomic E-state index is 13.0. The highest BCUT2D eigenvalue weighted by Gasteiger charge is 2.51. The van der Waals surface area contributed by atoms with Gasteiger partial charge in [-0.25, -0.2) is 9.97 Å². The lowest BCUT2D eigenvalue weighted by atomic mass is 9.78. The minimum atomic E-state index is -0.208. The number of carbonyl (C=O) groups excluding carboxylic acids is 2. The molecule has 2 aliphatic carbocycles. The lowest BCUT2D eigenvalue weighted by Gasteiger charge is -2.51. The molecule has 38 heavy (non-hydrogen) atoms. The van der Waals surface area contributed by atoms with Crippen molar-refractivity contribution in [1.29, 1.82) is 0 Å². The SMILES string of the molecule is O=C1NCC2(CCCCC2)N2c3nc(Nc4ccc(C(=O)N5CCN(C6CCC6)CC5)cn4)ncc3CC12. The van der Waals surface area contributed by atoms with Crippen LogP contribution in [-0.2, 0) is 11.2 Å². The highest BCUT2D eigenvalue weighted by Crippen LogP contribution is 2.44. The second kappa shape index (κ2) is 9.48. The van der Waals surface area contributed by atoms with Crippen molar-refractivity contribution in [1.82, 2.24) is 30.1 Å². The first-order valence-corrected chi connectivity index (χ1v) is 14.3. The molecule has 1 atom stereocenters. The number of amides is 2. The minimum absolute atomic E-state index is 0.0401. The van der Waals surface area contributed by atoms with Gasteiger partial charge < -0.3 is 20.4 Å². The van der Waals surface area contributed by atoms with Crippen LogP contribution in [0.25, 0.3) is 0 Å². The molecule has 10 nitrogen and oxygen atoms in total. The Labute approximate surface area is 223 Å². The monoisotopic (exact) mass is 516 g/mol. The van der Waals surface area contributed by atoms with Crippen LogP contribution >= 0.6 is 0 Å². The lowest BCUT2D eigenvalue weighted by Crippen LogP contribution is -2.67. The van der Waals surface area contributed by atoms with E-state index in [9.17, 15) is 9.59 Å². The number of rotatable bonds is 4. The fourth-order valence-corrected chi connectivity index (χ4v) is 7.04. The summed E-state index contributed by atoms with van der Waals surface area (Å²) in [6.45, 7) is 4.14. The van der Waals surface area contributed by atoms with Gasteiger partial charge in [0.25, 0.3) is 5.91 Å². The summed E-state index contributed by atoms with van der Waals surface area (Å²) in [5.74, 6) is 2.05. The molecule has 7 rings (SSSR count). The number of carbonyl (C=O) groups is 2. The van der Waals surface area contributed by atoms with Crippen molar-refractivity contribution < 1.29 is 9.59 Å². The molecule has 1 unspecified atom stereocenters. The third-order valence-corrected chi connectivity index (χ3v) is 9.43. The summed E-state index contributed by atoms with van der Waals surface area (Å²) in [5, 5.41) is 6.38. The van der Waals surface area contributed by atoms with Gasteiger partial charge in [0.2, 0.25) is 11.9 Å². The van der Waals surface area contributed by atoms with E-state index in [4.69, 9.17) is 4.98 Å². The fourth-order valence-electron chi connectivity index (χ4n) is 7.04. The molecular weight excluding hydrogens is 480 g/mol. The molecule has 4 fully saturated rings. The van der Waals surface area contributed by atoms with Gasteiger partial charge in [0.1, 0.15) is 17.7 Å². The molecule has 10 heteroatoms. The summed E-state index contributed by atoms with van der Waals surface area (Å²) in [6, 6.07) is 4.16. The molecule has 3 aliphatic heterocycles. The lowest BCUT2D eigenvalue weighted by molar-refractivity contribution is -0.124. The molecule has 5 heterocycles. The summed E-state index contributed by atoms with van der Waals surface area (Å²) in [7, 11) is 0. The van der Waals surface area contributed by atoms with Gasteiger partial charge in [-0.2, -0.15) is 4.98 Å². The standard InChI is InChI=1S/C28H36N8O2/c37-25-22-15-20-17-30-27(33-24(20)36(22)28(18-31-25)9-2-1-3-10-28)32-23-8-7-19(16-29-23)26(38)35-13-11-34(12-14-35)21-5-4-6-21/h7-8,16-17,21-22H,1-6,9-15,18H2,(H,31,37)(H,29,30,32,33). The van der Waals surface area contributed by atoms with Crippen molar-refractivity contribution in [2.45, 2.75) is 75.4 Å². The minimum Gasteiger partial charge on any atom is -0.352 e. The largest absolute Gasteiger partial charge is 0.352 e. The number of pyridine rings is 1. The van der Waals surface area contributed by atoms with Gasteiger partial charge in [-0.1, -0.05) is 25.7 Å². The van der Waals surface area contributed by atoms with Crippen LogP contribution in [0, 0.1) is 0 Å². The van der Waals surface area contributed by atoms with Gasteiger partial charge in [-0.3, -0.25) is 14.5 Å². The predicted octanol–water partition coefficient (Wildman–Crippen LogP) is 2.49. The fraction of sp³-hybridized carbons (Fsp3) is 0.607. The zero-order valence-electron chi connectivity index (χ0n) is 21.9. The molecule has 1 spiro atoms. The van der Waals surface area contributed by atoms with Gasteiger partial charge in [-0.05, 0) is 37.8 Å². The van der Waals surface area contributed by atoms with Crippen LogP contribution in [-0.4, -0.2) is 86.9 Å². The topological polar surface area (TPSA) is 107 Å². The summed E-state index contributed by atoms with van der Waals surface area (Å²) in [6.07, 6.45) is 13.8. The van der Waals surface area contributed by atoms with Crippen molar-refractivity contribution in [3.63, 3.8) is 0 Å². The Balaban J connectivity index is 1.04. The average Bonchev–Trinajstić information content (AvgIpc) is 3.32. The second-order valence-corrected chi connectivity index (χ2v) is 11.6. The van der Waals surface area contributed by atoms with E-state index in [0.717, 1.165) is 56.4 Å². The van der Waals surface area contributed by atoms with Gasteiger partial charge in [-0.15, -0.1) is 0 Å². The molecule has 2 saturated carbocycles. The van der Waals surface area contributed by atoms with Gasteiger partial charge in [0.05, 0.1) is 11.1 Å². The Bertz CT molecular complexity index is 1220. The summed E-state index contributed by atoms with van der Waals surface area (Å²) >= 11 is 0. The van der Waals surface area contributed by atoms with Crippen LogP contribution in [0.15, 0.2) is 24.5 Å². The number of fused-ring (bicyclic) bond motifs is 4. The molecule has 2 saturated heterocycles. The molecule has 0 aromatic carbocycles. The Morgan fingerprint density at radius 3 is 2.53 bits per heavy atom. The van der Waals surface area contributed by atoms with Gasteiger partial charge in [0, 0.05) is 63.1 Å². The highest BCUT2D eigenvalue weighted by atomic mass is 16.2. The predicted molar refractivity (Wildman–Crippen MR) is 143 cm³/mol. The number of nitrogens with one attached hydrogen (secondary N) is 2. The first-order chi connectivity index (χ1) is 18.6. The third-order valence-electron chi connectivity index (χ3n) is 9.43. The smallest absolute Gasteiger partial charge is 0.255 e. The Morgan fingerprint density at radius 1 is 1.00 bits per heavy atom. The molecular formula is C28H36N8O2. The zero-order chi connectivity index (χ0) is 25.7.